The van der Waals surface area contributed by atoms with Gasteiger partial charge in [0.1, 0.15) is 32.3 Å². The first-order valence-corrected chi connectivity index (χ1v) is 14.7. The lowest BCUT2D eigenvalue weighted by Crippen LogP contribution is -2.46. The minimum absolute atomic E-state index is 0.0916. The normalized spacial score (nSPS) is 19.3. The zero-order chi connectivity index (χ0) is 25.2. The molecule has 0 spiro atoms. The fourth-order valence-electron chi connectivity index (χ4n) is 5.03. The maximum Gasteiger partial charge on any atom is 0.139 e. The van der Waals surface area contributed by atoms with E-state index in [1.165, 1.54) is 17.0 Å². The van der Waals surface area contributed by atoms with Crippen molar-refractivity contribution in [3.63, 3.8) is 0 Å². The Morgan fingerprint density at radius 2 is 1.89 bits per heavy atom. The molecule has 2 unspecified atom stereocenters. The summed E-state index contributed by atoms with van der Waals surface area (Å²) in [5.74, 6) is 0.941. The molecule has 37 heavy (non-hydrogen) atoms. The van der Waals surface area contributed by atoms with E-state index in [0.29, 0.717) is 0 Å². The Labute approximate surface area is 223 Å². The molecule has 6 rings (SSSR count). The summed E-state index contributed by atoms with van der Waals surface area (Å²) in [7, 11) is -1.32. The van der Waals surface area contributed by atoms with Crippen molar-refractivity contribution >= 4 is 44.7 Å². The third kappa shape index (κ3) is 5.24. The number of fused-ring (bicyclic) bond motifs is 1. The number of aromatic nitrogens is 3. The summed E-state index contributed by atoms with van der Waals surface area (Å²) in [6.45, 7) is 6.89. The van der Waals surface area contributed by atoms with Gasteiger partial charge >= 0.3 is 0 Å². The molecule has 2 saturated heterocycles. The topological polar surface area (TPSA) is 83.5 Å². The van der Waals surface area contributed by atoms with Crippen molar-refractivity contribution in [3.8, 4) is 10.6 Å². The molecule has 2 aromatic heterocycles. The number of anilines is 2. The molecule has 2 atom stereocenters. The van der Waals surface area contributed by atoms with Crippen LogP contribution in [0.15, 0.2) is 59.1 Å². The van der Waals surface area contributed by atoms with Crippen LogP contribution in [0.5, 0.6) is 0 Å². The van der Waals surface area contributed by atoms with Gasteiger partial charge in [-0.2, -0.15) is 0 Å². The number of rotatable bonds is 6. The molecular weight excluding hydrogens is 504 g/mol. The van der Waals surface area contributed by atoms with Crippen molar-refractivity contribution in [1.29, 1.82) is 0 Å². The van der Waals surface area contributed by atoms with Gasteiger partial charge in [0.05, 0.1) is 24.4 Å². The van der Waals surface area contributed by atoms with E-state index < -0.39 is 11.0 Å². The predicted molar refractivity (Wildman–Crippen MR) is 150 cm³/mol. The summed E-state index contributed by atoms with van der Waals surface area (Å²) < 4.78 is 23.0. The molecule has 0 radical (unpaired) electrons. The highest BCUT2D eigenvalue weighted by Crippen LogP contribution is 2.31. The Kier molecular flexibility index (Phi) is 7.14. The second-order valence-electron chi connectivity index (χ2n) is 9.43. The van der Waals surface area contributed by atoms with E-state index in [1.807, 2.05) is 37.3 Å². The molecule has 4 heterocycles. The largest absolute Gasteiger partial charge is 0.378 e. The average Bonchev–Trinajstić information content (AvgIpc) is 3.35. The maximum atomic E-state index is 13.3. The molecule has 2 aliphatic rings. The summed E-state index contributed by atoms with van der Waals surface area (Å²) in [6, 6.07) is 16.6. The van der Waals surface area contributed by atoms with E-state index in [4.69, 9.17) is 4.74 Å². The van der Waals surface area contributed by atoms with Crippen LogP contribution < -0.4 is 14.5 Å². The molecule has 1 N–H and O–H groups in total. The van der Waals surface area contributed by atoms with Crippen LogP contribution in [-0.2, 0) is 15.7 Å². The highest BCUT2D eigenvalue weighted by atomic mass is 32.2. The van der Waals surface area contributed by atoms with Crippen LogP contribution in [0.3, 0.4) is 0 Å². The summed E-state index contributed by atoms with van der Waals surface area (Å²) in [4.78, 5) is 18.6. The van der Waals surface area contributed by atoms with Gasteiger partial charge in [-0.3, -0.25) is 0 Å². The number of ether oxygens (including phenoxy) is 1. The van der Waals surface area contributed by atoms with Crippen molar-refractivity contribution in [2.24, 2.45) is 0 Å². The van der Waals surface area contributed by atoms with Crippen LogP contribution >= 0.6 is 11.3 Å². The Morgan fingerprint density at radius 3 is 2.73 bits per heavy atom. The molecule has 2 aliphatic heterocycles. The zero-order valence-electron chi connectivity index (χ0n) is 20.8. The van der Waals surface area contributed by atoms with Gasteiger partial charge in [-0.15, -0.1) is 11.3 Å². The zero-order valence-corrected chi connectivity index (χ0v) is 22.4. The minimum atomic E-state index is -1.32. The van der Waals surface area contributed by atoms with Gasteiger partial charge in [-0.25, -0.2) is 23.9 Å². The molecular formula is C27H30N6O2S2. The Hall–Kier alpha value is -2.92. The fourth-order valence-corrected chi connectivity index (χ4v) is 7.44. The van der Waals surface area contributed by atoms with E-state index in [9.17, 15) is 4.21 Å². The van der Waals surface area contributed by atoms with Gasteiger partial charge < -0.3 is 14.5 Å². The van der Waals surface area contributed by atoms with Crippen LogP contribution in [0.4, 0.5) is 11.5 Å². The van der Waals surface area contributed by atoms with E-state index in [-0.39, 0.29) is 6.04 Å². The van der Waals surface area contributed by atoms with Crippen molar-refractivity contribution in [1.82, 2.24) is 19.7 Å². The average molecular weight is 535 g/mol. The molecule has 4 aromatic rings. The molecule has 2 aromatic carbocycles. The number of nitrogens with one attached hydrogen (secondary N) is 1. The molecule has 0 aliphatic carbocycles. The van der Waals surface area contributed by atoms with Gasteiger partial charge in [0, 0.05) is 48.9 Å². The van der Waals surface area contributed by atoms with E-state index in [1.54, 1.807) is 6.33 Å². The van der Waals surface area contributed by atoms with E-state index in [2.05, 4.69) is 47.7 Å². The predicted octanol–water partition coefficient (Wildman–Crippen LogP) is 4.18. The lowest BCUT2D eigenvalue weighted by molar-refractivity contribution is 0.122. The number of aryl methyl sites for hydroxylation is 1. The maximum absolute atomic E-state index is 13.3. The lowest BCUT2D eigenvalue weighted by atomic mass is 10.1. The minimum Gasteiger partial charge on any atom is -0.378 e. The number of piperidine rings is 1. The Bertz CT molecular complexity index is 1410. The Balaban J connectivity index is 1.18. The number of benzene rings is 2. The number of morpholine rings is 1. The fraction of sp³-hybridized carbons (Fsp3) is 0.370. The smallest absolute Gasteiger partial charge is 0.139 e. The van der Waals surface area contributed by atoms with Crippen LogP contribution in [0.1, 0.15) is 18.5 Å². The van der Waals surface area contributed by atoms with Gasteiger partial charge in [0.25, 0.3) is 0 Å². The van der Waals surface area contributed by atoms with Crippen molar-refractivity contribution in [2.45, 2.75) is 30.0 Å². The molecule has 8 nitrogen and oxygen atoms in total. The molecule has 0 saturated carbocycles. The summed E-state index contributed by atoms with van der Waals surface area (Å²) in [5.41, 5.74) is 3.99. The van der Waals surface area contributed by atoms with Crippen molar-refractivity contribution in [3.05, 3.63) is 60.6 Å². The standard InChI is InChI=1S/C27H30N6O2S2/c1-19-27(36-26(30-19)20-6-3-2-4-7-20)37(34)31-21-8-5-11-33(17-21)25-23-10-9-22(16-24(23)28-18-29-25)32-12-14-35-15-13-32/h2-4,6-7,9-10,16,18,21,31H,5,8,11-15,17H2,1H3. The van der Waals surface area contributed by atoms with Crippen LogP contribution in [0, 0.1) is 6.92 Å². The quantitative estimate of drug-likeness (QED) is 0.397. The van der Waals surface area contributed by atoms with Crippen molar-refractivity contribution in [2.75, 3.05) is 49.2 Å². The number of thiazole rings is 1. The molecule has 10 heteroatoms. The third-order valence-corrected chi connectivity index (χ3v) is 9.80. The van der Waals surface area contributed by atoms with Gasteiger partial charge in [0.2, 0.25) is 0 Å². The summed E-state index contributed by atoms with van der Waals surface area (Å²) in [5, 5.41) is 1.95. The van der Waals surface area contributed by atoms with Crippen LogP contribution in [0.2, 0.25) is 0 Å². The first kappa shape index (κ1) is 24.4. The first-order chi connectivity index (χ1) is 18.2. The van der Waals surface area contributed by atoms with Crippen molar-refractivity contribution < 1.29 is 8.95 Å². The van der Waals surface area contributed by atoms with Gasteiger partial charge in [0.15, 0.2) is 0 Å². The van der Waals surface area contributed by atoms with Crippen LogP contribution in [-0.4, -0.2) is 64.6 Å². The highest BCUT2D eigenvalue weighted by Gasteiger charge is 2.26. The second-order valence-corrected chi connectivity index (χ2v) is 11.9. The third-order valence-electron chi connectivity index (χ3n) is 6.91. The second kappa shape index (κ2) is 10.8. The lowest BCUT2D eigenvalue weighted by Gasteiger charge is -2.34. The molecule has 0 amide bonds. The number of hydrogen-bond donors (Lipinski definition) is 1. The van der Waals surface area contributed by atoms with E-state index >= 15 is 0 Å². The van der Waals surface area contributed by atoms with Crippen LogP contribution in [0.25, 0.3) is 21.5 Å². The molecule has 192 valence electrons. The summed E-state index contributed by atoms with van der Waals surface area (Å²) >= 11 is 1.50. The van der Waals surface area contributed by atoms with E-state index in [0.717, 1.165) is 89.4 Å². The first-order valence-electron chi connectivity index (χ1n) is 12.7. The van der Waals surface area contributed by atoms with Gasteiger partial charge in [-0.05, 0) is 38.0 Å². The highest BCUT2D eigenvalue weighted by molar-refractivity contribution is 7.85. The number of nitrogens with zero attached hydrogens (tertiary/aromatic N) is 5. The SMILES string of the molecule is Cc1nc(-c2ccccc2)sc1S(=O)NC1CCCN(c2ncnc3cc(N4CCOCC4)ccc23)C1. The molecule has 2 fully saturated rings. The Morgan fingerprint density at radius 1 is 1.05 bits per heavy atom. The monoisotopic (exact) mass is 534 g/mol. The molecule has 0 bridgehead atoms. The van der Waals surface area contributed by atoms with Gasteiger partial charge in [-0.1, -0.05) is 30.3 Å². The summed E-state index contributed by atoms with van der Waals surface area (Å²) in [6.07, 6.45) is 3.63. The number of hydrogen-bond acceptors (Lipinski definition) is 8.